The van der Waals surface area contributed by atoms with E-state index in [1.165, 1.54) is 12.1 Å². The first kappa shape index (κ1) is 14.0. The molecule has 0 aromatic heterocycles. The number of hydrogen-bond acceptors (Lipinski definition) is 2. The molecule has 0 radical (unpaired) electrons. The molecule has 1 rings (SSSR count). The Morgan fingerprint density at radius 3 is 2.18 bits per heavy atom. The average molecular weight is 247 g/mol. The van der Waals surface area contributed by atoms with Gasteiger partial charge in [-0.3, -0.25) is 0 Å². The predicted octanol–water partition coefficient (Wildman–Crippen LogP) is 2.61. The molecule has 0 saturated heterocycles. The normalized spacial score (nSPS) is 15.6. The lowest BCUT2D eigenvalue weighted by Gasteiger charge is -2.18. The van der Waals surface area contributed by atoms with E-state index >= 15 is 0 Å². The van der Waals surface area contributed by atoms with Crippen molar-refractivity contribution < 1.29 is 17.9 Å². The van der Waals surface area contributed by atoms with E-state index < -0.39 is 11.7 Å². The van der Waals surface area contributed by atoms with Crippen molar-refractivity contribution in [3.05, 3.63) is 35.4 Å². The van der Waals surface area contributed by atoms with E-state index in [2.05, 4.69) is 0 Å². The number of halogens is 3. The van der Waals surface area contributed by atoms with Gasteiger partial charge in [-0.05, 0) is 31.0 Å². The number of rotatable bonds is 4. The van der Waals surface area contributed by atoms with Gasteiger partial charge in [-0.25, -0.2) is 0 Å². The zero-order valence-electron chi connectivity index (χ0n) is 9.79. The minimum absolute atomic E-state index is 0.128. The van der Waals surface area contributed by atoms with E-state index in [0.717, 1.165) is 17.7 Å². The molecule has 0 heterocycles. The highest BCUT2D eigenvalue weighted by Gasteiger charge is 2.30. The minimum atomic E-state index is -4.29. The number of nitrogens with two attached hydrogens (primary N) is 1. The summed E-state index contributed by atoms with van der Waals surface area (Å²) in [4.78, 5) is 0. The van der Waals surface area contributed by atoms with Crippen molar-refractivity contribution in [1.82, 2.24) is 0 Å². The maximum absolute atomic E-state index is 12.3. The van der Waals surface area contributed by atoms with Crippen LogP contribution in [0.25, 0.3) is 0 Å². The number of ether oxygens (including phenoxy) is 1. The molecule has 0 aliphatic carbocycles. The van der Waals surface area contributed by atoms with Crippen LogP contribution in [0.1, 0.15) is 18.1 Å². The Hall–Kier alpha value is -1.07. The second kappa shape index (κ2) is 5.51. The fourth-order valence-corrected chi connectivity index (χ4v) is 1.44. The van der Waals surface area contributed by atoms with Crippen LogP contribution in [-0.4, -0.2) is 19.3 Å². The molecule has 17 heavy (non-hydrogen) atoms. The predicted molar refractivity (Wildman–Crippen MR) is 59.6 cm³/mol. The Balaban J connectivity index is 2.69. The van der Waals surface area contributed by atoms with Gasteiger partial charge in [0.05, 0.1) is 11.7 Å². The van der Waals surface area contributed by atoms with E-state index in [1.54, 1.807) is 7.11 Å². The van der Waals surface area contributed by atoms with Gasteiger partial charge >= 0.3 is 6.18 Å². The maximum Gasteiger partial charge on any atom is 0.416 e. The number of alkyl halides is 3. The third-order valence-electron chi connectivity index (χ3n) is 2.73. The van der Waals surface area contributed by atoms with Crippen LogP contribution in [0, 0.1) is 0 Å². The van der Waals surface area contributed by atoms with Gasteiger partial charge < -0.3 is 10.5 Å². The van der Waals surface area contributed by atoms with Gasteiger partial charge in [0.15, 0.2) is 0 Å². The molecular formula is C12H16F3NO. The van der Waals surface area contributed by atoms with E-state index in [9.17, 15) is 13.2 Å². The molecule has 0 aliphatic rings. The van der Waals surface area contributed by atoms with Gasteiger partial charge in [-0.1, -0.05) is 12.1 Å². The first-order valence-electron chi connectivity index (χ1n) is 5.29. The topological polar surface area (TPSA) is 35.2 Å². The molecule has 2 N–H and O–H groups in total. The zero-order chi connectivity index (χ0) is 13.1. The third-order valence-corrected chi connectivity index (χ3v) is 2.73. The van der Waals surface area contributed by atoms with Crippen molar-refractivity contribution in [3.8, 4) is 0 Å². The summed E-state index contributed by atoms with van der Waals surface area (Å²) in [5.74, 6) is 0. The standard InChI is InChI=1S/C12H16F3NO/c1-8(17-2)11(16)7-9-3-5-10(6-4-9)12(13,14)15/h3-6,8,11H,7,16H2,1-2H3. The fourth-order valence-electron chi connectivity index (χ4n) is 1.44. The molecule has 0 amide bonds. The van der Waals surface area contributed by atoms with Crippen LogP contribution in [0.4, 0.5) is 13.2 Å². The SMILES string of the molecule is COC(C)C(N)Cc1ccc(C(F)(F)F)cc1. The van der Waals surface area contributed by atoms with Gasteiger partial charge in [0, 0.05) is 13.2 Å². The molecule has 0 bridgehead atoms. The molecule has 0 fully saturated rings. The van der Waals surface area contributed by atoms with Crippen molar-refractivity contribution in [2.45, 2.75) is 31.7 Å². The lowest BCUT2D eigenvalue weighted by Crippen LogP contribution is -2.35. The van der Waals surface area contributed by atoms with Gasteiger partial charge in [-0.2, -0.15) is 13.2 Å². The van der Waals surface area contributed by atoms with E-state index in [4.69, 9.17) is 10.5 Å². The van der Waals surface area contributed by atoms with Crippen molar-refractivity contribution in [2.75, 3.05) is 7.11 Å². The quantitative estimate of drug-likeness (QED) is 0.887. The molecule has 5 heteroatoms. The lowest BCUT2D eigenvalue weighted by molar-refractivity contribution is -0.137. The second-order valence-corrected chi connectivity index (χ2v) is 4.00. The molecular weight excluding hydrogens is 231 g/mol. The van der Waals surface area contributed by atoms with E-state index in [0.29, 0.717) is 6.42 Å². The summed E-state index contributed by atoms with van der Waals surface area (Å²) in [6, 6.07) is 4.81. The van der Waals surface area contributed by atoms with Crippen LogP contribution < -0.4 is 5.73 Å². The highest BCUT2D eigenvalue weighted by molar-refractivity contribution is 5.25. The smallest absolute Gasteiger partial charge is 0.380 e. The molecule has 0 aliphatic heterocycles. The van der Waals surface area contributed by atoms with Gasteiger partial charge in [0.2, 0.25) is 0 Å². The summed E-state index contributed by atoms with van der Waals surface area (Å²) in [6.45, 7) is 1.83. The summed E-state index contributed by atoms with van der Waals surface area (Å²) in [7, 11) is 1.55. The van der Waals surface area contributed by atoms with Gasteiger partial charge in [0.25, 0.3) is 0 Å². The van der Waals surface area contributed by atoms with Crippen molar-refractivity contribution in [1.29, 1.82) is 0 Å². The summed E-state index contributed by atoms with van der Waals surface area (Å²) in [5, 5.41) is 0. The summed E-state index contributed by atoms with van der Waals surface area (Å²) < 4.78 is 42.0. The monoisotopic (exact) mass is 247 g/mol. The highest BCUT2D eigenvalue weighted by atomic mass is 19.4. The van der Waals surface area contributed by atoms with Gasteiger partial charge in [-0.15, -0.1) is 0 Å². The van der Waals surface area contributed by atoms with Crippen LogP contribution in [0.15, 0.2) is 24.3 Å². The molecule has 2 atom stereocenters. The molecule has 0 spiro atoms. The molecule has 1 aromatic rings. The van der Waals surface area contributed by atoms with Crippen LogP contribution >= 0.6 is 0 Å². The summed E-state index contributed by atoms with van der Waals surface area (Å²) in [5.41, 5.74) is 5.97. The Kier molecular flexibility index (Phi) is 4.54. The first-order chi connectivity index (χ1) is 7.84. The van der Waals surface area contributed by atoms with Crippen LogP contribution in [0.3, 0.4) is 0 Å². The number of methoxy groups -OCH3 is 1. The fraction of sp³-hybridized carbons (Fsp3) is 0.500. The van der Waals surface area contributed by atoms with Gasteiger partial charge in [0.1, 0.15) is 0 Å². The highest BCUT2D eigenvalue weighted by Crippen LogP contribution is 2.29. The van der Waals surface area contributed by atoms with E-state index in [-0.39, 0.29) is 12.1 Å². The number of hydrogen-bond donors (Lipinski definition) is 1. The van der Waals surface area contributed by atoms with Crippen LogP contribution in [0.5, 0.6) is 0 Å². The maximum atomic E-state index is 12.3. The molecule has 2 unspecified atom stereocenters. The largest absolute Gasteiger partial charge is 0.416 e. The summed E-state index contributed by atoms with van der Waals surface area (Å²) >= 11 is 0. The second-order valence-electron chi connectivity index (χ2n) is 4.00. The van der Waals surface area contributed by atoms with Crippen molar-refractivity contribution >= 4 is 0 Å². The lowest BCUT2D eigenvalue weighted by atomic mass is 10.0. The molecule has 0 saturated carbocycles. The number of benzene rings is 1. The minimum Gasteiger partial charge on any atom is -0.380 e. The summed E-state index contributed by atoms with van der Waals surface area (Å²) in [6.07, 6.45) is -3.93. The Morgan fingerprint density at radius 1 is 1.24 bits per heavy atom. The Bertz CT molecular complexity index is 348. The Morgan fingerprint density at radius 2 is 1.76 bits per heavy atom. The Labute approximate surface area is 98.6 Å². The van der Waals surface area contributed by atoms with Crippen molar-refractivity contribution in [2.24, 2.45) is 5.73 Å². The van der Waals surface area contributed by atoms with Crippen LogP contribution in [-0.2, 0) is 17.3 Å². The van der Waals surface area contributed by atoms with E-state index in [1.807, 2.05) is 6.92 Å². The first-order valence-corrected chi connectivity index (χ1v) is 5.29. The molecule has 1 aromatic carbocycles. The zero-order valence-corrected chi connectivity index (χ0v) is 9.79. The van der Waals surface area contributed by atoms with Crippen LogP contribution in [0.2, 0.25) is 0 Å². The van der Waals surface area contributed by atoms with Crippen molar-refractivity contribution in [3.63, 3.8) is 0 Å². The third kappa shape index (κ3) is 4.02. The molecule has 2 nitrogen and oxygen atoms in total. The molecule has 96 valence electrons. The average Bonchev–Trinajstić information content (AvgIpc) is 2.27.